The first kappa shape index (κ1) is 27.2. The monoisotopic (exact) mass is 486 g/mol. The fourth-order valence-corrected chi connectivity index (χ4v) is 2.90. The van der Waals surface area contributed by atoms with Gasteiger partial charge in [-0.1, -0.05) is 6.92 Å². The van der Waals surface area contributed by atoms with Gasteiger partial charge in [-0.3, -0.25) is 14.4 Å². The summed E-state index contributed by atoms with van der Waals surface area (Å²) in [6, 6.07) is 11.2. The lowest BCUT2D eigenvalue weighted by Crippen LogP contribution is -2.21. The Hall–Kier alpha value is -4.08. The molecule has 0 aliphatic heterocycles. The van der Waals surface area contributed by atoms with E-state index in [4.69, 9.17) is 18.9 Å². The zero-order chi connectivity index (χ0) is 25.6. The van der Waals surface area contributed by atoms with Gasteiger partial charge in [-0.05, 0) is 49.2 Å². The summed E-state index contributed by atoms with van der Waals surface area (Å²) < 4.78 is 20.3. The lowest BCUT2D eigenvalue weighted by atomic mass is 10.2. The highest BCUT2D eigenvalue weighted by molar-refractivity contribution is 5.95. The largest absolute Gasteiger partial charge is 0.497 e. The van der Waals surface area contributed by atoms with Crippen LogP contribution in [0.15, 0.2) is 42.5 Å². The van der Waals surface area contributed by atoms with Crippen LogP contribution in [0, 0.1) is 0 Å². The van der Waals surface area contributed by atoms with Crippen LogP contribution in [0.4, 0.5) is 11.4 Å². The third kappa shape index (κ3) is 9.36. The van der Waals surface area contributed by atoms with E-state index in [0.29, 0.717) is 35.0 Å². The maximum atomic E-state index is 12.1. The number of hydrogen-bond donors (Lipinski definition) is 2. The van der Waals surface area contributed by atoms with Gasteiger partial charge in [-0.15, -0.1) is 0 Å². The summed E-state index contributed by atoms with van der Waals surface area (Å²) in [7, 11) is 2.96. The van der Waals surface area contributed by atoms with Gasteiger partial charge in [0.25, 0.3) is 5.91 Å². The SMILES string of the molecule is CCCOC(=O)c1ccc(NC(=O)CCCC(=O)OCC(=O)Nc2cc(OC)ccc2OC)cc1. The van der Waals surface area contributed by atoms with Crippen LogP contribution < -0.4 is 20.1 Å². The molecule has 0 aromatic heterocycles. The molecule has 2 aromatic carbocycles. The molecule has 0 saturated heterocycles. The van der Waals surface area contributed by atoms with E-state index < -0.39 is 24.5 Å². The maximum Gasteiger partial charge on any atom is 0.338 e. The Kier molecular flexibility index (Phi) is 11.1. The highest BCUT2D eigenvalue weighted by atomic mass is 16.5. The molecule has 0 heterocycles. The van der Waals surface area contributed by atoms with Gasteiger partial charge in [0.05, 0.1) is 32.1 Å². The van der Waals surface area contributed by atoms with Crippen molar-refractivity contribution in [2.45, 2.75) is 32.6 Å². The number of ether oxygens (including phenoxy) is 4. The van der Waals surface area contributed by atoms with Crippen molar-refractivity contribution < 1.29 is 38.1 Å². The Morgan fingerprint density at radius 3 is 2.23 bits per heavy atom. The van der Waals surface area contributed by atoms with Gasteiger partial charge in [-0.25, -0.2) is 4.79 Å². The van der Waals surface area contributed by atoms with Crippen molar-refractivity contribution in [3.8, 4) is 11.5 Å². The Labute approximate surface area is 203 Å². The number of hydrogen-bond acceptors (Lipinski definition) is 8. The van der Waals surface area contributed by atoms with Crippen molar-refractivity contribution in [2.24, 2.45) is 0 Å². The molecule has 0 radical (unpaired) electrons. The van der Waals surface area contributed by atoms with E-state index in [-0.39, 0.29) is 25.2 Å². The standard InChI is InChI=1S/C25H30N2O8/c1-4-14-34-25(31)17-8-10-18(11-9-17)26-22(28)6-5-7-24(30)35-16-23(29)27-20-15-19(32-2)12-13-21(20)33-3/h8-13,15H,4-7,14,16H2,1-3H3,(H,26,28)(H,27,29). The molecular weight excluding hydrogens is 456 g/mol. The van der Waals surface area contributed by atoms with E-state index in [1.54, 1.807) is 42.5 Å². The Balaban J connectivity index is 1.69. The minimum absolute atomic E-state index is 0.0224. The second kappa shape index (κ2) is 14.2. The molecule has 0 saturated carbocycles. The number of carbonyl (C=O) groups excluding carboxylic acids is 4. The van der Waals surface area contributed by atoms with E-state index in [9.17, 15) is 19.2 Å². The minimum atomic E-state index is -0.597. The first-order chi connectivity index (χ1) is 16.9. The zero-order valence-electron chi connectivity index (χ0n) is 20.1. The summed E-state index contributed by atoms with van der Waals surface area (Å²) >= 11 is 0. The molecule has 188 valence electrons. The van der Waals surface area contributed by atoms with Gasteiger partial charge >= 0.3 is 11.9 Å². The van der Waals surface area contributed by atoms with Crippen LogP contribution in [0.3, 0.4) is 0 Å². The minimum Gasteiger partial charge on any atom is -0.497 e. The smallest absolute Gasteiger partial charge is 0.338 e. The molecule has 0 fully saturated rings. The molecule has 0 aliphatic carbocycles. The number of rotatable bonds is 13. The fraction of sp³-hybridized carbons (Fsp3) is 0.360. The van der Waals surface area contributed by atoms with Crippen molar-refractivity contribution in [1.29, 1.82) is 0 Å². The van der Waals surface area contributed by atoms with Gasteiger partial charge in [0.2, 0.25) is 5.91 Å². The number of amides is 2. The number of carbonyl (C=O) groups is 4. The normalized spacial score (nSPS) is 10.1. The number of methoxy groups -OCH3 is 2. The molecule has 2 aromatic rings. The molecule has 2 amide bonds. The molecule has 0 bridgehead atoms. The van der Waals surface area contributed by atoms with Crippen LogP contribution in [0.1, 0.15) is 43.0 Å². The second-order valence-corrected chi connectivity index (χ2v) is 7.39. The first-order valence-electron chi connectivity index (χ1n) is 11.1. The average Bonchev–Trinajstić information content (AvgIpc) is 2.86. The van der Waals surface area contributed by atoms with E-state index in [1.165, 1.54) is 14.2 Å². The predicted octanol–water partition coefficient (Wildman–Crippen LogP) is 3.56. The summed E-state index contributed by atoms with van der Waals surface area (Å²) in [5.74, 6) is -0.879. The molecule has 0 atom stereocenters. The van der Waals surface area contributed by atoms with E-state index >= 15 is 0 Å². The lowest BCUT2D eigenvalue weighted by molar-refractivity contribution is -0.147. The van der Waals surface area contributed by atoms with Crippen molar-refractivity contribution in [1.82, 2.24) is 0 Å². The van der Waals surface area contributed by atoms with E-state index in [1.807, 2.05) is 6.92 Å². The molecule has 10 nitrogen and oxygen atoms in total. The van der Waals surface area contributed by atoms with Gasteiger partial charge < -0.3 is 29.6 Å². The molecule has 10 heteroatoms. The van der Waals surface area contributed by atoms with E-state index in [0.717, 1.165) is 6.42 Å². The number of nitrogens with one attached hydrogen (secondary N) is 2. The third-order valence-electron chi connectivity index (χ3n) is 4.67. The Morgan fingerprint density at radius 2 is 1.57 bits per heavy atom. The van der Waals surface area contributed by atoms with Gasteiger partial charge in [0, 0.05) is 24.6 Å². The summed E-state index contributed by atoms with van der Waals surface area (Å²) in [4.78, 5) is 47.9. The molecule has 0 spiro atoms. The second-order valence-electron chi connectivity index (χ2n) is 7.39. The molecule has 0 unspecified atom stereocenters. The van der Waals surface area contributed by atoms with Crippen LogP contribution in [0.2, 0.25) is 0 Å². The topological polar surface area (TPSA) is 129 Å². The van der Waals surface area contributed by atoms with Crippen LogP contribution >= 0.6 is 0 Å². The Morgan fingerprint density at radius 1 is 0.829 bits per heavy atom. The van der Waals surface area contributed by atoms with Gasteiger partial charge in [-0.2, -0.15) is 0 Å². The quantitative estimate of drug-likeness (QED) is 0.411. The van der Waals surface area contributed by atoms with Gasteiger partial charge in [0.15, 0.2) is 6.61 Å². The van der Waals surface area contributed by atoms with Crippen molar-refractivity contribution in [2.75, 3.05) is 38.1 Å². The Bertz CT molecular complexity index is 1020. The third-order valence-corrected chi connectivity index (χ3v) is 4.67. The fourth-order valence-electron chi connectivity index (χ4n) is 2.90. The van der Waals surface area contributed by atoms with Crippen LogP contribution in [0.5, 0.6) is 11.5 Å². The number of anilines is 2. The molecule has 2 N–H and O–H groups in total. The molecule has 35 heavy (non-hydrogen) atoms. The first-order valence-corrected chi connectivity index (χ1v) is 11.1. The predicted molar refractivity (Wildman–Crippen MR) is 129 cm³/mol. The van der Waals surface area contributed by atoms with Crippen LogP contribution in [0.25, 0.3) is 0 Å². The van der Waals surface area contributed by atoms with Crippen molar-refractivity contribution in [3.05, 3.63) is 48.0 Å². The highest BCUT2D eigenvalue weighted by Crippen LogP contribution is 2.28. The summed E-state index contributed by atoms with van der Waals surface area (Å²) in [6.07, 6.45) is 1.05. The molecular formula is C25H30N2O8. The zero-order valence-corrected chi connectivity index (χ0v) is 20.1. The van der Waals surface area contributed by atoms with E-state index in [2.05, 4.69) is 10.6 Å². The van der Waals surface area contributed by atoms with Crippen molar-refractivity contribution in [3.63, 3.8) is 0 Å². The number of benzene rings is 2. The summed E-state index contributed by atoms with van der Waals surface area (Å²) in [5.41, 5.74) is 1.30. The van der Waals surface area contributed by atoms with Crippen LogP contribution in [-0.2, 0) is 23.9 Å². The average molecular weight is 487 g/mol. The highest BCUT2D eigenvalue weighted by Gasteiger charge is 2.13. The summed E-state index contributed by atoms with van der Waals surface area (Å²) in [5, 5.41) is 5.29. The molecule has 2 rings (SSSR count). The van der Waals surface area contributed by atoms with Crippen molar-refractivity contribution >= 4 is 35.1 Å². The molecule has 0 aliphatic rings. The summed E-state index contributed by atoms with van der Waals surface area (Å²) in [6.45, 7) is 1.78. The van der Waals surface area contributed by atoms with Crippen LogP contribution in [-0.4, -0.2) is 51.2 Å². The number of esters is 2. The lowest BCUT2D eigenvalue weighted by Gasteiger charge is -2.12. The van der Waals surface area contributed by atoms with Gasteiger partial charge in [0.1, 0.15) is 11.5 Å². The maximum absolute atomic E-state index is 12.1.